The zero-order valence-electron chi connectivity index (χ0n) is 14.8. The van der Waals surface area contributed by atoms with Crippen molar-refractivity contribution in [2.45, 2.75) is 25.3 Å². The number of nitrogens with zero attached hydrogens (tertiary/aromatic N) is 1. The van der Waals surface area contributed by atoms with E-state index in [1.54, 1.807) is 24.5 Å². The Bertz CT molecular complexity index is 738. The lowest BCUT2D eigenvalue weighted by Gasteiger charge is -2.26. The third-order valence-electron chi connectivity index (χ3n) is 4.92. The molecular weight excluding hydrogens is 332 g/mol. The van der Waals surface area contributed by atoms with Gasteiger partial charge in [-0.1, -0.05) is 0 Å². The first kappa shape index (κ1) is 17.0. The summed E-state index contributed by atoms with van der Waals surface area (Å²) in [7, 11) is 0. The van der Waals surface area contributed by atoms with Crippen LogP contribution in [0.4, 0.5) is 0 Å². The highest BCUT2D eigenvalue weighted by Crippen LogP contribution is 2.30. The largest absolute Gasteiger partial charge is 0.490 e. The lowest BCUT2D eigenvalue weighted by Crippen LogP contribution is -2.36. The molecule has 4 rings (SSSR count). The fourth-order valence-electron chi connectivity index (χ4n) is 3.54. The van der Waals surface area contributed by atoms with E-state index in [9.17, 15) is 4.79 Å². The molecule has 0 aliphatic carbocycles. The average Bonchev–Trinajstić information content (AvgIpc) is 3.33. The van der Waals surface area contributed by atoms with Gasteiger partial charge in [0.15, 0.2) is 11.5 Å². The maximum Gasteiger partial charge on any atom is 0.251 e. The van der Waals surface area contributed by atoms with Gasteiger partial charge in [0.1, 0.15) is 5.76 Å². The summed E-state index contributed by atoms with van der Waals surface area (Å²) in [6, 6.07) is 9.28. The predicted molar refractivity (Wildman–Crippen MR) is 96.6 cm³/mol. The molecule has 1 fully saturated rings. The number of ether oxygens (including phenoxy) is 2. The van der Waals surface area contributed by atoms with Crippen LogP contribution in [0.25, 0.3) is 0 Å². The number of hydrogen-bond acceptors (Lipinski definition) is 5. The van der Waals surface area contributed by atoms with Crippen LogP contribution < -0.4 is 14.8 Å². The molecule has 1 N–H and O–H groups in total. The minimum absolute atomic E-state index is 0.0665. The molecule has 0 radical (unpaired) electrons. The van der Waals surface area contributed by atoms with Gasteiger partial charge in [-0.3, -0.25) is 9.69 Å². The Labute approximate surface area is 153 Å². The van der Waals surface area contributed by atoms with Gasteiger partial charge in [-0.25, -0.2) is 0 Å². The molecule has 2 aliphatic heterocycles. The SMILES string of the molecule is O=C(NC[C@@H](c1ccco1)N1CCCC1)c1ccc2c(c1)OCCCO2. The van der Waals surface area contributed by atoms with Crippen molar-refractivity contribution in [3.63, 3.8) is 0 Å². The van der Waals surface area contributed by atoms with Crippen molar-refractivity contribution in [2.24, 2.45) is 0 Å². The molecule has 1 aromatic carbocycles. The quantitative estimate of drug-likeness (QED) is 0.892. The molecule has 1 amide bonds. The number of hydrogen-bond donors (Lipinski definition) is 1. The molecule has 1 saturated heterocycles. The number of rotatable bonds is 5. The highest BCUT2D eigenvalue weighted by molar-refractivity contribution is 5.94. The number of fused-ring (bicyclic) bond motifs is 1. The number of amides is 1. The van der Waals surface area contributed by atoms with Crippen LogP contribution in [-0.4, -0.2) is 43.7 Å². The fraction of sp³-hybridized carbons (Fsp3) is 0.450. The average molecular weight is 356 g/mol. The first-order chi connectivity index (χ1) is 12.8. The Kier molecular flexibility index (Phi) is 5.11. The summed E-state index contributed by atoms with van der Waals surface area (Å²) in [5.41, 5.74) is 0.578. The van der Waals surface area contributed by atoms with E-state index < -0.39 is 0 Å². The van der Waals surface area contributed by atoms with Gasteiger partial charge >= 0.3 is 0 Å². The summed E-state index contributed by atoms with van der Waals surface area (Å²) in [5.74, 6) is 2.11. The fourth-order valence-corrected chi connectivity index (χ4v) is 3.54. The molecule has 1 aromatic heterocycles. The van der Waals surface area contributed by atoms with E-state index in [4.69, 9.17) is 13.9 Å². The monoisotopic (exact) mass is 356 g/mol. The third kappa shape index (κ3) is 3.70. The Morgan fingerprint density at radius 2 is 1.88 bits per heavy atom. The van der Waals surface area contributed by atoms with Crippen LogP contribution >= 0.6 is 0 Å². The molecule has 6 nitrogen and oxygen atoms in total. The van der Waals surface area contributed by atoms with Crippen molar-refractivity contribution >= 4 is 5.91 Å². The van der Waals surface area contributed by atoms with Crippen LogP contribution in [0, 0.1) is 0 Å². The van der Waals surface area contributed by atoms with Crippen LogP contribution in [0.3, 0.4) is 0 Å². The van der Waals surface area contributed by atoms with Gasteiger partial charge in [0.2, 0.25) is 0 Å². The summed E-state index contributed by atoms with van der Waals surface area (Å²) in [6.07, 6.45) is 4.90. The third-order valence-corrected chi connectivity index (χ3v) is 4.92. The minimum atomic E-state index is -0.114. The number of furan rings is 1. The molecule has 1 atom stereocenters. The molecule has 0 unspecified atom stereocenters. The zero-order chi connectivity index (χ0) is 17.8. The van der Waals surface area contributed by atoms with Gasteiger partial charge in [-0.15, -0.1) is 0 Å². The van der Waals surface area contributed by atoms with Gasteiger partial charge < -0.3 is 19.2 Å². The van der Waals surface area contributed by atoms with Gasteiger partial charge in [0, 0.05) is 18.5 Å². The van der Waals surface area contributed by atoms with E-state index in [0.717, 1.165) is 25.3 Å². The number of carbonyl (C=O) groups excluding carboxylic acids is 1. The topological polar surface area (TPSA) is 63.9 Å². The summed E-state index contributed by atoms with van der Waals surface area (Å²) in [6.45, 7) is 3.82. The lowest BCUT2D eigenvalue weighted by molar-refractivity contribution is 0.0933. The van der Waals surface area contributed by atoms with Crippen LogP contribution in [0.1, 0.15) is 41.4 Å². The zero-order valence-corrected chi connectivity index (χ0v) is 14.8. The first-order valence-electron chi connectivity index (χ1n) is 9.26. The Hall–Kier alpha value is -2.47. The van der Waals surface area contributed by atoms with Crippen molar-refractivity contribution in [2.75, 3.05) is 32.8 Å². The molecule has 3 heterocycles. The van der Waals surface area contributed by atoms with E-state index >= 15 is 0 Å². The molecule has 2 aromatic rings. The molecule has 0 bridgehead atoms. The van der Waals surface area contributed by atoms with E-state index in [1.165, 1.54) is 12.8 Å². The van der Waals surface area contributed by atoms with Gasteiger partial charge in [0.25, 0.3) is 5.91 Å². The molecule has 2 aliphatic rings. The van der Waals surface area contributed by atoms with E-state index in [-0.39, 0.29) is 11.9 Å². The number of likely N-dealkylation sites (tertiary alicyclic amines) is 1. The Morgan fingerprint density at radius 1 is 1.08 bits per heavy atom. The van der Waals surface area contributed by atoms with E-state index in [0.29, 0.717) is 36.8 Å². The second-order valence-electron chi connectivity index (χ2n) is 6.70. The molecule has 138 valence electrons. The second-order valence-corrected chi connectivity index (χ2v) is 6.70. The van der Waals surface area contributed by atoms with Crippen molar-refractivity contribution < 1.29 is 18.7 Å². The van der Waals surface area contributed by atoms with Crippen LogP contribution in [0.2, 0.25) is 0 Å². The van der Waals surface area contributed by atoms with E-state index in [2.05, 4.69) is 10.2 Å². The van der Waals surface area contributed by atoms with E-state index in [1.807, 2.05) is 12.1 Å². The highest BCUT2D eigenvalue weighted by Gasteiger charge is 2.26. The van der Waals surface area contributed by atoms with Crippen molar-refractivity contribution in [1.82, 2.24) is 10.2 Å². The molecule has 6 heteroatoms. The normalized spacial score (nSPS) is 18.3. The summed E-state index contributed by atoms with van der Waals surface area (Å²) < 4.78 is 16.9. The van der Waals surface area contributed by atoms with Gasteiger partial charge in [0.05, 0.1) is 25.5 Å². The number of benzene rings is 1. The predicted octanol–water partition coefficient (Wildman–Crippen LogP) is 3.01. The summed E-state index contributed by atoms with van der Waals surface area (Å²) >= 11 is 0. The van der Waals surface area contributed by atoms with Crippen LogP contribution in [0.15, 0.2) is 41.0 Å². The summed E-state index contributed by atoms with van der Waals surface area (Å²) in [4.78, 5) is 15.0. The summed E-state index contributed by atoms with van der Waals surface area (Å²) in [5, 5.41) is 3.05. The molecule has 26 heavy (non-hydrogen) atoms. The molecular formula is C20H24N2O4. The van der Waals surface area contributed by atoms with Crippen LogP contribution in [-0.2, 0) is 0 Å². The van der Waals surface area contributed by atoms with Crippen LogP contribution in [0.5, 0.6) is 11.5 Å². The van der Waals surface area contributed by atoms with Crippen molar-refractivity contribution in [3.8, 4) is 11.5 Å². The standard InChI is InChI=1S/C20H24N2O4/c23-20(15-6-7-18-19(13-15)26-12-4-11-25-18)21-14-16(17-5-3-10-24-17)22-8-1-2-9-22/h3,5-7,10,13,16H,1-2,4,8-9,11-12,14H2,(H,21,23)/t16-/m0/s1. The Morgan fingerprint density at radius 3 is 2.65 bits per heavy atom. The number of carbonyl (C=O) groups is 1. The van der Waals surface area contributed by atoms with Gasteiger partial charge in [-0.05, 0) is 56.3 Å². The molecule has 0 saturated carbocycles. The highest BCUT2D eigenvalue weighted by atomic mass is 16.5. The molecule has 0 spiro atoms. The van der Waals surface area contributed by atoms with Crippen molar-refractivity contribution in [3.05, 3.63) is 47.9 Å². The maximum atomic E-state index is 12.6. The second kappa shape index (κ2) is 7.83. The lowest BCUT2D eigenvalue weighted by atomic mass is 10.1. The smallest absolute Gasteiger partial charge is 0.251 e. The first-order valence-corrected chi connectivity index (χ1v) is 9.26. The Balaban J connectivity index is 1.44. The maximum absolute atomic E-state index is 12.6. The minimum Gasteiger partial charge on any atom is -0.490 e. The van der Waals surface area contributed by atoms with Gasteiger partial charge in [-0.2, -0.15) is 0 Å². The van der Waals surface area contributed by atoms with Crippen molar-refractivity contribution in [1.29, 1.82) is 0 Å². The number of nitrogens with one attached hydrogen (secondary N) is 1.